The minimum absolute atomic E-state index is 0. The van der Waals surface area contributed by atoms with Gasteiger partial charge in [0.15, 0.2) is 0 Å². The predicted molar refractivity (Wildman–Crippen MR) is 54.2 cm³/mol. The molecule has 1 unspecified atom stereocenters. The topological polar surface area (TPSA) is 109 Å². The van der Waals surface area contributed by atoms with Crippen molar-refractivity contribution >= 4 is 29.6 Å². The van der Waals surface area contributed by atoms with E-state index >= 15 is 0 Å². The molecule has 0 aromatic heterocycles. The van der Waals surface area contributed by atoms with E-state index in [4.69, 9.17) is 0 Å². The van der Waals surface area contributed by atoms with Crippen molar-refractivity contribution in [2.24, 2.45) is 0 Å². The van der Waals surface area contributed by atoms with Gasteiger partial charge in [-0.3, -0.25) is 4.79 Å². The van der Waals surface area contributed by atoms with Crippen LogP contribution in [-0.4, -0.2) is 34.9 Å². The molecule has 0 saturated heterocycles. The summed E-state index contributed by atoms with van der Waals surface area (Å²) in [4.78, 5) is 31.5. The maximum absolute atomic E-state index is 10.7. The first kappa shape index (κ1) is 23.8. The summed E-state index contributed by atoms with van der Waals surface area (Å²) < 4.78 is 0. The summed E-state index contributed by atoms with van der Waals surface area (Å²) in [6.07, 6.45) is -0.162. The minimum atomic E-state index is -1.39. The Labute approximate surface area is 154 Å². The molecular weight excluding hydrogens is 280 g/mol. The van der Waals surface area contributed by atoms with Crippen molar-refractivity contribution in [1.82, 2.24) is 5.32 Å². The van der Waals surface area contributed by atoms with Crippen LogP contribution in [0, 0.1) is 0 Å². The third-order valence-electron chi connectivity index (χ3n) is 1.66. The van der Waals surface area contributed by atoms with Crippen LogP contribution < -0.4 is 74.6 Å². The van der Waals surface area contributed by atoms with E-state index in [0.717, 1.165) is 11.8 Å². The van der Waals surface area contributed by atoms with Crippen LogP contribution >= 0.6 is 11.8 Å². The van der Waals surface area contributed by atoms with Crippen LogP contribution in [0.1, 0.15) is 20.3 Å². The van der Waals surface area contributed by atoms with Crippen LogP contribution in [0.3, 0.4) is 0 Å². The van der Waals surface area contributed by atoms with Gasteiger partial charge in [-0.2, -0.15) is 11.8 Å². The summed E-state index contributed by atoms with van der Waals surface area (Å²) in [7, 11) is 0. The van der Waals surface area contributed by atoms with Crippen molar-refractivity contribution in [3.8, 4) is 0 Å². The molecule has 0 aliphatic carbocycles. The molecule has 0 aromatic carbocycles. The standard InChI is InChI=1S/C9H15NO5S.2Na/c1-5(3-8(12)13)16-4-7(9(14)15)10-6(2)11;;/h5,7H,3-4H2,1-2H3,(H,10,11)(H,12,13)(H,14,15);;/q;2*+1/p-2/t5?,7-;;/m0../s1. The number of carbonyl (C=O) groups excluding carboxylic acids is 3. The summed E-state index contributed by atoms with van der Waals surface area (Å²) in [6.45, 7) is 2.84. The molecule has 0 bridgehead atoms. The largest absolute Gasteiger partial charge is 1.00 e. The molecule has 18 heavy (non-hydrogen) atoms. The van der Waals surface area contributed by atoms with Crippen LogP contribution in [0.25, 0.3) is 0 Å². The summed E-state index contributed by atoms with van der Waals surface area (Å²) >= 11 is 1.13. The summed E-state index contributed by atoms with van der Waals surface area (Å²) in [5, 5.41) is 22.8. The second-order valence-electron chi connectivity index (χ2n) is 3.29. The molecule has 1 amide bonds. The van der Waals surface area contributed by atoms with E-state index in [0.29, 0.717) is 0 Å². The first-order chi connectivity index (χ1) is 7.32. The van der Waals surface area contributed by atoms with Gasteiger partial charge in [0.1, 0.15) is 0 Å². The number of thioether (sulfide) groups is 1. The Morgan fingerprint density at radius 3 is 2.06 bits per heavy atom. The number of nitrogens with one attached hydrogen (secondary N) is 1. The summed E-state index contributed by atoms with van der Waals surface area (Å²) in [6, 6.07) is -1.10. The molecule has 0 aliphatic rings. The molecule has 1 N–H and O–H groups in total. The SMILES string of the molecule is CC(=O)N[C@@H](CSC(C)CC(=O)[O-])C(=O)[O-].[Na+].[Na+]. The molecular formula is C9H13NNa2O5S. The fraction of sp³-hybridized carbons (Fsp3) is 0.667. The van der Waals surface area contributed by atoms with Gasteiger partial charge in [0.2, 0.25) is 5.91 Å². The fourth-order valence-electron chi connectivity index (χ4n) is 0.968. The van der Waals surface area contributed by atoms with Gasteiger partial charge in [-0.1, -0.05) is 6.92 Å². The Morgan fingerprint density at radius 2 is 1.72 bits per heavy atom. The normalized spacial score (nSPS) is 12.3. The molecule has 0 aliphatic heterocycles. The van der Waals surface area contributed by atoms with Gasteiger partial charge >= 0.3 is 59.1 Å². The smallest absolute Gasteiger partial charge is 0.550 e. The van der Waals surface area contributed by atoms with E-state index in [9.17, 15) is 24.6 Å². The van der Waals surface area contributed by atoms with Crippen LogP contribution in [0.5, 0.6) is 0 Å². The molecule has 0 fully saturated rings. The molecule has 0 spiro atoms. The molecule has 92 valence electrons. The molecule has 0 aromatic rings. The van der Waals surface area contributed by atoms with Crippen molar-refractivity contribution in [3.05, 3.63) is 0 Å². The molecule has 6 nitrogen and oxygen atoms in total. The Kier molecular flexibility index (Phi) is 16.9. The maximum Gasteiger partial charge on any atom is 1.00 e. The number of rotatable bonds is 7. The van der Waals surface area contributed by atoms with E-state index in [1.165, 1.54) is 6.92 Å². The van der Waals surface area contributed by atoms with E-state index in [1.54, 1.807) is 6.92 Å². The average Bonchev–Trinajstić information content (AvgIpc) is 2.09. The Bertz CT molecular complexity index is 290. The fourth-order valence-corrected chi connectivity index (χ4v) is 1.96. The predicted octanol–water partition coefficient (Wildman–Crippen LogP) is -8.49. The minimum Gasteiger partial charge on any atom is -0.550 e. The molecule has 0 rings (SSSR count). The summed E-state index contributed by atoms with van der Waals surface area (Å²) in [5.41, 5.74) is 0. The number of aliphatic carboxylic acids is 2. The van der Waals surface area contributed by atoms with Gasteiger partial charge in [-0.15, -0.1) is 0 Å². The molecule has 2 atom stereocenters. The van der Waals surface area contributed by atoms with Crippen molar-refractivity contribution in [3.63, 3.8) is 0 Å². The second-order valence-corrected chi connectivity index (χ2v) is 4.76. The van der Waals surface area contributed by atoms with Gasteiger partial charge in [-0.05, 0) is 6.42 Å². The van der Waals surface area contributed by atoms with Gasteiger partial charge in [-0.25, -0.2) is 0 Å². The van der Waals surface area contributed by atoms with Gasteiger partial charge in [0, 0.05) is 23.9 Å². The van der Waals surface area contributed by atoms with E-state index < -0.39 is 23.9 Å². The average molecular weight is 293 g/mol. The second kappa shape index (κ2) is 12.8. The Balaban J connectivity index is -0.00000112. The van der Waals surface area contributed by atoms with E-state index in [-0.39, 0.29) is 76.5 Å². The summed E-state index contributed by atoms with van der Waals surface area (Å²) in [5.74, 6) is -2.98. The van der Waals surface area contributed by atoms with Gasteiger partial charge in [0.25, 0.3) is 0 Å². The monoisotopic (exact) mass is 293 g/mol. The number of hydrogen-bond acceptors (Lipinski definition) is 6. The third-order valence-corrected chi connectivity index (χ3v) is 2.93. The molecule has 0 radical (unpaired) electrons. The third kappa shape index (κ3) is 13.2. The van der Waals surface area contributed by atoms with Crippen LogP contribution in [0.2, 0.25) is 0 Å². The van der Waals surface area contributed by atoms with Gasteiger partial charge in [0.05, 0.1) is 12.0 Å². The molecule has 9 heteroatoms. The van der Waals surface area contributed by atoms with Crippen molar-refractivity contribution < 1.29 is 83.7 Å². The Morgan fingerprint density at radius 1 is 1.22 bits per heavy atom. The van der Waals surface area contributed by atoms with E-state index in [2.05, 4.69) is 5.32 Å². The number of amides is 1. The number of carboxylic acids is 2. The first-order valence-electron chi connectivity index (χ1n) is 4.62. The first-order valence-corrected chi connectivity index (χ1v) is 5.67. The van der Waals surface area contributed by atoms with Crippen molar-refractivity contribution in [1.29, 1.82) is 0 Å². The van der Waals surface area contributed by atoms with Crippen molar-refractivity contribution in [2.45, 2.75) is 31.6 Å². The zero-order valence-corrected chi connectivity index (χ0v) is 15.8. The number of hydrogen-bond donors (Lipinski definition) is 1. The van der Waals surface area contributed by atoms with Crippen LogP contribution in [-0.2, 0) is 14.4 Å². The van der Waals surface area contributed by atoms with Gasteiger partial charge < -0.3 is 25.1 Å². The zero-order valence-electron chi connectivity index (χ0n) is 11.0. The van der Waals surface area contributed by atoms with E-state index in [1.807, 2.05) is 0 Å². The molecule has 0 saturated carbocycles. The quantitative estimate of drug-likeness (QED) is 0.467. The zero-order chi connectivity index (χ0) is 12.7. The van der Waals surface area contributed by atoms with Crippen molar-refractivity contribution in [2.75, 3.05) is 5.75 Å². The number of carbonyl (C=O) groups is 3. The van der Waals surface area contributed by atoms with Crippen LogP contribution in [0.4, 0.5) is 0 Å². The number of carboxylic acid groups (broad SMARTS) is 2. The molecule has 0 heterocycles. The maximum atomic E-state index is 10.7. The Hall–Kier alpha value is 0.760. The van der Waals surface area contributed by atoms with Crippen LogP contribution in [0.15, 0.2) is 0 Å².